The SMILES string of the molecule is COc1nccnc1[C@H](O)c1cc(-c2ncnc3cc(N4CCOCC4)ccc23)c(F)cc1C. The first-order chi connectivity index (χ1) is 16.6. The third kappa shape index (κ3) is 4.04. The third-order valence-electron chi connectivity index (χ3n) is 6.05. The van der Waals surface area contributed by atoms with Crippen LogP contribution in [-0.2, 0) is 4.74 Å². The van der Waals surface area contributed by atoms with Crippen LogP contribution in [0.15, 0.2) is 49.1 Å². The lowest BCUT2D eigenvalue weighted by Crippen LogP contribution is -2.36. The molecule has 174 valence electrons. The zero-order valence-corrected chi connectivity index (χ0v) is 18.9. The minimum Gasteiger partial charge on any atom is -0.480 e. The fraction of sp³-hybridized carbons (Fsp3) is 0.280. The van der Waals surface area contributed by atoms with Crippen molar-refractivity contribution in [1.29, 1.82) is 0 Å². The van der Waals surface area contributed by atoms with Crippen molar-refractivity contribution in [1.82, 2.24) is 19.9 Å². The molecule has 1 atom stereocenters. The summed E-state index contributed by atoms with van der Waals surface area (Å²) in [6.45, 7) is 4.72. The van der Waals surface area contributed by atoms with Crippen molar-refractivity contribution in [3.05, 3.63) is 71.7 Å². The van der Waals surface area contributed by atoms with Gasteiger partial charge in [-0.15, -0.1) is 0 Å². The Balaban J connectivity index is 1.59. The molecule has 34 heavy (non-hydrogen) atoms. The van der Waals surface area contributed by atoms with Crippen LogP contribution in [0.3, 0.4) is 0 Å². The molecular weight excluding hydrogens is 437 g/mol. The average molecular weight is 461 g/mol. The topological polar surface area (TPSA) is 93.5 Å². The van der Waals surface area contributed by atoms with Crippen LogP contribution >= 0.6 is 0 Å². The van der Waals surface area contributed by atoms with Crippen molar-refractivity contribution < 1.29 is 19.0 Å². The quantitative estimate of drug-likeness (QED) is 0.483. The number of fused-ring (bicyclic) bond motifs is 1. The predicted octanol–water partition coefficient (Wildman–Crippen LogP) is 3.46. The number of anilines is 1. The molecule has 0 amide bonds. The Kier molecular flexibility index (Phi) is 6.04. The van der Waals surface area contributed by atoms with Gasteiger partial charge in [-0.1, -0.05) is 0 Å². The van der Waals surface area contributed by atoms with Crippen LogP contribution in [0.1, 0.15) is 22.9 Å². The summed E-state index contributed by atoms with van der Waals surface area (Å²) in [6, 6.07) is 8.90. The van der Waals surface area contributed by atoms with E-state index in [2.05, 4.69) is 24.8 Å². The molecule has 9 heteroatoms. The van der Waals surface area contributed by atoms with Crippen LogP contribution in [0.25, 0.3) is 22.2 Å². The minimum atomic E-state index is -1.15. The van der Waals surface area contributed by atoms with Crippen molar-refractivity contribution in [2.24, 2.45) is 0 Å². The Bertz CT molecular complexity index is 1340. The van der Waals surface area contributed by atoms with Crippen LogP contribution in [0, 0.1) is 12.7 Å². The Morgan fingerprint density at radius 2 is 1.85 bits per heavy atom. The Morgan fingerprint density at radius 1 is 1.06 bits per heavy atom. The summed E-state index contributed by atoms with van der Waals surface area (Å²) in [7, 11) is 1.46. The van der Waals surface area contributed by atoms with E-state index in [1.165, 1.54) is 31.9 Å². The molecule has 2 aromatic heterocycles. The number of rotatable bonds is 5. The van der Waals surface area contributed by atoms with E-state index in [-0.39, 0.29) is 17.1 Å². The summed E-state index contributed by atoms with van der Waals surface area (Å²) in [5.41, 5.74) is 3.81. The van der Waals surface area contributed by atoms with Gasteiger partial charge in [-0.2, -0.15) is 0 Å². The number of halogens is 1. The molecule has 1 aliphatic heterocycles. The molecule has 0 saturated carbocycles. The van der Waals surface area contributed by atoms with Crippen molar-refractivity contribution in [2.75, 3.05) is 38.3 Å². The van der Waals surface area contributed by atoms with Gasteiger partial charge < -0.3 is 19.5 Å². The van der Waals surface area contributed by atoms with Crippen LogP contribution in [0.5, 0.6) is 5.88 Å². The van der Waals surface area contributed by atoms with Crippen LogP contribution < -0.4 is 9.64 Å². The van der Waals surface area contributed by atoms with Gasteiger partial charge in [-0.3, -0.25) is 4.98 Å². The summed E-state index contributed by atoms with van der Waals surface area (Å²) in [4.78, 5) is 19.4. The number of hydrogen-bond donors (Lipinski definition) is 1. The molecule has 0 unspecified atom stereocenters. The molecule has 2 aromatic carbocycles. The maximum absolute atomic E-state index is 15.2. The molecular formula is C25H24FN5O3. The summed E-state index contributed by atoms with van der Waals surface area (Å²) in [6.07, 6.45) is 3.24. The lowest BCUT2D eigenvalue weighted by Gasteiger charge is -2.29. The number of aliphatic hydroxyl groups excluding tert-OH is 1. The van der Waals surface area contributed by atoms with E-state index < -0.39 is 11.9 Å². The zero-order chi connectivity index (χ0) is 23.7. The fourth-order valence-corrected chi connectivity index (χ4v) is 4.27. The Hall–Kier alpha value is -3.69. The van der Waals surface area contributed by atoms with Gasteiger partial charge in [0, 0.05) is 42.1 Å². The lowest BCUT2D eigenvalue weighted by atomic mass is 9.95. The summed E-state index contributed by atoms with van der Waals surface area (Å²) >= 11 is 0. The van der Waals surface area contributed by atoms with E-state index in [0.717, 1.165) is 24.2 Å². The second-order valence-electron chi connectivity index (χ2n) is 8.07. The van der Waals surface area contributed by atoms with Gasteiger partial charge in [0.2, 0.25) is 5.88 Å². The first-order valence-electron chi connectivity index (χ1n) is 11.0. The van der Waals surface area contributed by atoms with E-state index >= 15 is 4.39 Å². The molecule has 4 aromatic rings. The highest BCUT2D eigenvalue weighted by Gasteiger charge is 2.23. The first-order valence-corrected chi connectivity index (χ1v) is 11.0. The molecule has 0 bridgehead atoms. The highest BCUT2D eigenvalue weighted by Crippen LogP contribution is 2.35. The van der Waals surface area contributed by atoms with Gasteiger partial charge in [-0.05, 0) is 48.4 Å². The molecule has 0 spiro atoms. The molecule has 1 aliphatic rings. The zero-order valence-electron chi connectivity index (χ0n) is 18.9. The molecule has 0 aliphatic carbocycles. The van der Waals surface area contributed by atoms with E-state index in [9.17, 15) is 5.11 Å². The number of aliphatic hydroxyl groups is 1. The monoisotopic (exact) mass is 461 g/mol. The van der Waals surface area contributed by atoms with E-state index in [0.29, 0.717) is 35.6 Å². The van der Waals surface area contributed by atoms with E-state index in [1.807, 2.05) is 18.2 Å². The standard InChI is InChI=1S/C25H24FN5O3/c1-15-11-20(26)19(13-18(15)24(32)23-25(33-2)28-6-5-27-23)22-17-4-3-16(12-21(17)29-14-30-22)31-7-9-34-10-8-31/h3-6,11-14,24,32H,7-10H2,1-2H3/t24-/m1/s1. The van der Waals surface area contributed by atoms with Gasteiger partial charge in [0.1, 0.15) is 23.9 Å². The number of aryl methyl sites for hydroxylation is 1. The summed E-state index contributed by atoms with van der Waals surface area (Å²) in [5, 5.41) is 11.8. The third-order valence-corrected chi connectivity index (χ3v) is 6.05. The van der Waals surface area contributed by atoms with Crippen LogP contribution in [0.2, 0.25) is 0 Å². The number of morpholine rings is 1. The predicted molar refractivity (Wildman–Crippen MR) is 125 cm³/mol. The van der Waals surface area contributed by atoms with Crippen molar-refractivity contribution in [3.63, 3.8) is 0 Å². The van der Waals surface area contributed by atoms with Gasteiger partial charge >= 0.3 is 0 Å². The first kappa shape index (κ1) is 22.1. The number of methoxy groups -OCH3 is 1. The van der Waals surface area contributed by atoms with Gasteiger partial charge in [-0.25, -0.2) is 19.3 Å². The summed E-state index contributed by atoms with van der Waals surface area (Å²) < 4.78 is 25.9. The van der Waals surface area contributed by atoms with Gasteiger partial charge in [0.15, 0.2) is 0 Å². The maximum atomic E-state index is 15.2. The normalized spacial score (nSPS) is 14.9. The van der Waals surface area contributed by atoms with Crippen molar-refractivity contribution in [2.45, 2.75) is 13.0 Å². The fourth-order valence-electron chi connectivity index (χ4n) is 4.27. The molecule has 0 radical (unpaired) electrons. The second-order valence-corrected chi connectivity index (χ2v) is 8.07. The molecule has 1 N–H and O–H groups in total. The van der Waals surface area contributed by atoms with Gasteiger partial charge in [0.25, 0.3) is 0 Å². The average Bonchev–Trinajstić information content (AvgIpc) is 2.88. The minimum absolute atomic E-state index is 0.211. The second kappa shape index (κ2) is 9.28. The number of benzene rings is 2. The molecule has 1 fully saturated rings. The lowest BCUT2D eigenvalue weighted by molar-refractivity contribution is 0.122. The van der Waals surface area contributed by atoms with Gasteiger partial charge in [0.05, 0.1) is 31.5 Å². The number of hydrogen-bond acceptors (Lipinski definition) is 8. The molecule has 8 nitrogen and oxygen atoms in total. The Labute approximate surface area is 196 Å². The largest absolute Gasteiger partial charge is 0.480 e. The van der Waals surface area contributed by atoms with Crippen LogP contribution in [0.4, 0.5) is 10.1 Å². The number of aromatic nitrogens is 4. The number of nitrogens with zero attached hydrogens (tertiary/aromatic N) is 5. The molecule has 3 heterocycles. The van der Waals surface area contributed by atoms with Crippen molar-refractivity contribution in [3.8, 4) is 17.1 Å². The van der Waals surface area contributed by atoms with E-state index in [1.54, 1.807) is 13.0 Å². The van der Waals surface area contributed by atoms with Crippen molar-refractivity contribution >= 4 is 16.6 Å². The number of ether oxygens (including phenoxy) is 2. The van der Waals surface area contributed by atoms with Crippen LogP contribution in [-0.4, -0.2) is 58.5 Å². The highest BCUT2D eigenvalue weighted by atomic mass is 19.1. The highest BCUT2D eigenvalue weighted by molar-refractivity contribution is 5.94. The summed E-state index contributed by atoms with van der Waals surface area (Å²) in [5.74, 6) is -0.222. The molecule has 1 saturated heterocycles. The van der Waals surface area contributed by atoms with E-state index in [4.69, 9.17) is 9.47 Å². The molecule has 5 rings (SSSR count). The Morgan fingerprint density at radius 3 is 2.65 bits per heavy atom. The maximum Gasteiger partial charge on any atom is 0.238 e. The smallest absolute Gasteiger partial charge is 0.238 e.